The number of benzene rings is 1. The Kier molecular flexibility index (Phi) is 6.84. The zero-order valence-electron chi connectivity index (χ0n) is 12.4. The van der Waals surface area contributed by atoms with Gasteiger partial charge in [0.2, 0.25) is 5.91 Å². The molecule has 0 saturated carbocycles. The van der Waals surface area contributed by atoms with Crippen molar-refractivity contribution >= 4 is 17.7 Å². The van der Waals surface area contributed by atoms with E-state index in [4.69, 9.17) is 15.2 Å². The lowest BCUT2D eigenvalue weighted by molar-refractivity contribution is -0.132. The molecule has 2 N–H and O–H groups in total. The van der Waals surface area contributed by atoms with Crippen molar-refractivity contribution in [2.45, 2.75) is 17.5 Å². The summed E-state index contributed by atoms with van der Waals surface area (Å²) >= 11 is 1.62. The number of nitrogens with two attached hydrogens (primary N) is 1. The molecule has 112 valence electrons. The molecule has 0 radical (unpaired) electrons. The predicted octanol–water partition coefficient (Wildman–Crippen LogP) is 1.35. The zero-order valence-corrected chi connectivity index (χ0v) is 13.2. The fourth-order valence-electron chi connectivity index (χ4n) is 1.86. The highest BCUT2D eigenvalue weighted by atomic mass is 32.2. The van der Waals surface area contributed by atoms with Crippen LogP contribution in [0, 0.1) is 0 Å². The maximum atomic E-state index is 12.0. The minimum Gasteiger partial charge on any atom is -0.496 e. The lowest BCUT2D eigenvalue weighted by Crippen LogP contribution is -2.44. The van der Waals surface area contributed by atoms with E-state index < -0.39 is 6.04 Å². The monoisotopic (exact) mass is 298 g/mol. The molecule has 6 heteroatoms. The van der Waals surface area contributed by atoms with Crippen molar-refractivity contribution in [2.24, 2.45) is 5.73 Å². The highest BCUT2D eigenvalue weighted by molar-refractivity contribution is 7.98. The molecule has 20 heavy (non-hydrogen) atoms. The summed E-state index contributed by atoms with van der Waals surface area (Å²) in [5.74, 6) is 0.678. The smallest absolute Gasteiger partial charge is 0.241 e. The molecule has 0 aromatic heterocycles. The maximum absolute atomic E-state index is 12.0. The van der Waals surface area contributed by atoms with E-state index in [9.17, 15) is 4.79 Å². The fraction of sp³-hybridized carbons (Fsp3) is 0.500. The number of likely N-dealkylation sites (N-methyl/N-ethyl adjacent to an activating group) is 1. The minimum atomic E-state index is -0.627. The van der Waals surface area contributed by atoms with E-state index in [-0.39, 0.29) is 12.5 Å². The normalized spacial score (nSPS) is 12.1. The molecule has 5 nitrogen and oxygen atoms in total. The number of nitrogens with zero attached hydrogens (tertiary/aromatic N) is 1. The Bertz CT molecular complexity index is 454. The van der Waals surface area contributed by atoms with Crippen molar-refractivity contribution in [3.05, 3.63) is 23.8 Å². The summed E-state index contributed by atoms with van der Waals surface area (Å²) in [5, 5.41) is 0. The molecule has 0 spiro atoms. The van der Waals surface area contributed by atoms with E-state index >= 15 is 0 Å². The standard InChI is InChI=1S/C14H22N2O3S/c1-16(14(17)11(15)9-18-2)8-10-5-6-13(20-4)12(7-10)19-3/h5-7,11H,8-9,15H2,1-4H3. The first-order chi connectivity index (χ1) is 9.53. The van der Waals surface area contributed by atoms with E-state index in [1.807, 2.05) is 24.5 Å². The summed E-state index contributed by atoms with van der Waals surface area (Å²) in [7, 11) is 4.90. The van der Waals surface area contributed by atoms with Crippen LogP contribution in [-0.2, 0) is 16.1 Å². The molecule has 1 rings (SSSR count). The van der Waals surface area contributed by atoms with Crippen LogP contribution in [0.3, 0.4) is 0 Å². The van der Waals surface area contributed by atoms with Crippen LogP contribution in [0.25, 0.3) is 0 Å². The summed E-state index contributed by atoms with van der Waals surface area (Å²) in [6.45, 7) is 0.708. The van der Waals surface area contributed by atoms with E-state index in [1.54, 1.807) is 30.8 Å². The van der Waals surface area contributed by atoms with Crippen LogP contribution in [0.2, 0.25) is 0 Å². The number of methoxy groups -OCH3 is 2. The van der Waals surface area contributed by atoms with Gasteiger partial charge >= 0.3 is 0 Å². The third-order valence-corrected chi connectivity index (χ3v) is 3.68. The highest BCUT2D eigenvalue weighted by Gasteiger charge is 2.18. The van der Waals surface area contributed by atoms with Gasteiger partial charge in [0.1, 0.15) is 11.8 Å². The molecular weight excluding hydrogens is 276 g/mol. The Hall–Kier alpha value is -1.24. The number of ether oxygens (including phenoxy) is 2. The summed E-state index contributed by atoms with van der Waals surface area (Å²) in [6.07, 6.45) is 2.00. The third kappa shape index (κ3) is 4.40. The average Bonchev–Trinajstić information content (AvgIpc) is 2.46. The average molecular weight is 298 g/mol. The Morgan fingerprint density at radius 2 is 2.15 bits per heavy atom. The van der Waals surface area contributed by atoms with Gasteiger partial charge in [0.15, 0.2) is 0 Å². The Morgan fingerprint density at radius 1 is 1.45 bits per heavy atom. The maximum Gasteiger partial charge on any atom is 0.241 e. The Balaban J connectivity index is 2.75. The molecular formula is C14H22N2O3S. The molecule has 1 atom stereocenters. The van der Waals surface area contributed by atoms with E-state index in [0.717, 1.165) is 16.2 Å². The zero-order chi connectivity index (χ0) is 15.1. The van der Waals surface area contributed by atoms with Crippen LogP contribution in [0.15, 0.2) is 23.1 Å². The summed E-state index contributed by atoms with van der Waals surface area (Å²) < 4.78 is 10.2. The van der Waals surface area contributed by atoms with Crippen molar-refractivity contribution < 1.29 is 14.3 Å². The van der Waals surface area contributed by atoms with Gasteiger partial charge in [-0.25, -0.2) is 0 Å². The number of carbonyl (C=O) groups is 1. The molecule has 1 aromatic rings. The molecule has 0 aliphatic rings. The second-order valence-electron chi connectivity index (χ2n) is 4.45. The number of carbonyl (C=O) groups excluding carboxylic acids is 1. The van der Waals surface area contributed by atoms with E-state index in [0.29, 0.717) is 6.54 Å². The van der Waals surface area contributed by atoms with Gasteiger partial charge in [-0.1, -0.05) is 6.07 Å². The first kappa shape index (κ1) is 16.8. The van der Waals surface area contributed by atoms with Gasteiger partial charge in [-0.2, -0.15) is 0 Å². The quantitative estimate of drug-likeness (QED) is 0.770. The largest absolute Gasteiger partial charge is 0.496 e. The summed E-state index contributed by atoms with van der Waals surface area (Å²) in [4.78, 5) is 14.7. The lowest BCUT2D eigenvalue weighted by Gasteiger charge is -2.21. The van der Waals surface area contributed by atoms with Crippen molar-refractivity contribution in [1.29, 1.82) is 0 Å². The number of rotatable bonds is 7. The number of thioether (sulfide) groups is 1. The fourth-order valence-corrected chi connectivity index (χ4v) is 2.41. The van der Waals surface area contributed by atoms with Crippen LogP contribution in [0.4, 0.5) is 0 Å². The van der Waals surface area contributed by atoms with Gasteiger partial charge < -0.3 is 20.1 Å². The van der Waals surface area contributed by atoms with Crippen molar-refractivity contribution in [3.8, 4) is 5.75 Å². The lowest BCUT2D eigenvalue weighted by atomic mass is 10.2. The van der Waals surface area contributed by atoms with Gasteiger partial charge in [0.25, 0.3) is 0 Å². The minimum absolute atomic E-state index is 0.139. The third-order valence-electron chi connectivity index (χ3n) is 2.91. The van der Waals surface area contributed by atoms with E-state index in [2.05, 4.69) is 0 Å². The molecule has 0 fully saturated rings. The molecule has 0 saturated heterocycles. The second-order valence-corrected chi connectivity index (χ2v) is 5.29. The van der Waals surface area contributed by atoms with Crippen LogP contribution in [0.1, 0.15) is 5.56 Å². The topological polar surface area (TPSA) is 64.8 Å². The van der Waals surface area contributed by atoms with Gasteiger partial charge in [0.05, 0.1) is 13.7 Å². The summed E-state index contributed by atoms with van der Waals surface area (Å²) in [5.41, 5.74) is 6.74. The molecule has 0 bridgehead atoms. The van der Waals surface area contributed by atoms with Gasteiger partial charge in [-0.3, -0.25) is 4.79 Å². The highest BCUT2D eigenvalue weighted by Crippen LogP contribution is 2.28. The molecule has 0 aliphatic heterocycles. The number of hydrogen-bond acceptors (Lipinski definition) is 5. The molecule has 1 aromatic carbocycles. The SMILES string of the molecule is COCC(N)C(=O)N(C)Cc1ccc(SC)c(OC)c1. The van der Waals surface area contributed by atoms with Crippen LogP contribution < -0.4 is 10.5 Å². The van der Waals surface area contributed by atoms with Crippen LogP contribution in [-0.4, -0.2) is 51.0 Å². The van der Waals surface area contributed by atoms with Crippen molar-refractivity contribution in [1.82, 2.24) is 4.90 Å². The van der Waals surface area contributed by atoms with Crippen LogP contribution >= 0.6 is 11.8 Å². The molecule has 1 unspecified atom stereocenters. The predicted molar refractivity (Wildman–Crippen MR) is 81.1 cm³/mol. The molecule has 0 heterocycles. The Labute approximate surface area is 124 Å². The number of amides is 1. The first-order valence-electron chi connectivity index (χ1n) is 6.23. The first-order valence-corrected chi connectivity index (χ1v) is 7.46. The second kappa shape index (κ2) is 8.14. The van der Waals surface area contributed by atoms with Crippen LogP contribution in [0.5, 0.6) is 5.75 Å². The molecule has 1 amide bonds. The van der Waals surface area contributed by atoms with Gasteiger partial charge in [-0.15, -0.1) is 11.8 Å². The number of hydrogen-bond donors (Lipinski definition) is 1. The van der Waals surface area contributed by atoms with E-state index in [1.165, 1.54) is 7.11 Å². The molecule has 0 aliphatic carbocycles. The van der Waals surface area contributed by atoms with Gasteiger partial charge in [-0.05, 0) is 24.0 Å². The Morgan fingerprint density at radius 3 is 2.70 bits per heavy atom. The van der Waals surface area contributed by atoms with Crippen molar-refractivity contribution in [2.75, 3.05) is 34.1 Å². The van der Waals surface area contributed by atoms with Crippen molar-refractivity contribution in [3.63, 3.8) is 0 Å². The van der Waals surface area contributed by atoms with Gasteiger partial charge in [0, 0.05) is 25.6 Å². The summed E-state index contributed by atoms with van der Waals surface area (Å²) in [6, 6.07) is 5.29.